The normalized spacial score (nSPS) is 20.9. The molecule has 2 fully saturated rings. The molecule has 2 amide bonds. The summed E-state index contributed by atoms with van der Waals surface area (Å²) in [4.78, 5) is 27.0. The van der Waals surface area contributed by atoms with Crippen molar-refractivity contribution in [1.82, 2.24) is 0 Å². The summed E-state index contributed by atoms with van der Waals surface area (Å²) in [5.74, 6) is -1.50. The highest BCUT2D eigenvalue weighted by atomic mass is 32.2. The average molecular weight is 413 g/mol. The van der Waals surface area contributed by atoms with Gasteiger partial charge in [-0.3, -0.25) is 9.59 Å². The summed E-state index contributed by atoms with van der Waals surface area (Å²) in [6.07, 6.45) is 2.41. The lowest BCUT2D eigenvalue weighted by Crippen LogP contribution is -2.30. The summed E-state index contributed by atoms with van der Waals surface area (Å²) < 4.78 is 25.2. The molecule has 0 saturated carbocycles. The number of sulfonamides is 1. The Morgan fingerprint density at radius 3 is 2.10 bits per heavy atom. The molecule has 2 aromatic rings. The van der Waals surface area contributed by atoms with Crippen LogP contribution in [0.1, 0.15) is 30.1 Å². The molecule has 0 radical (unpaired) electrons. The number of hydrogen-bond acceptors (Lipinski definition) is 5. The van der Waals surface area contributed by atoms with E-state index in [0.29, 0.717) is 11.3 Å². The summed E-state index contributed by atoms with van der Waals surface area (Å²) in [7, 11) is -3.65. The first-order chi connectivity index (χ1) is 13.8. The Balaban J connectivity index is 1.45. The third-order valence-corrected chi connectivity index (χ3v) is 7.19. The number of rotatable bonds is 4. The van der Waals surface area contributed by atoms with Crippen LogP contribution >= 0.6 is 0 Å². The third kappa shape index (κ3) is 3.85. The summed E-state index contributed by atoms with van der Waals surface area (Å²) >= 11 is 0. The quantitative estimate of drug-likeness (QED) is 0.833. The van der Waals surface area contributed by atoms with Crippen molar-refractivity contribution in [2.75, 3.05) is 33.4 Å². The molecule has 1 atom stereocenters. The van der Waals surface area contributed by atoms with Gasteiger partial charge in [-0.1, -0.05) is 6.92 Å². The van der Waals surface area contributed by atoms with E-state index < -0.39 is 21.8 Å². The van der Waals surface area contributed by atoms with Gasteiger partial charge in [0.05, 0.1) is 17.4 Å². The molecule has 2 aliphatic heterocycles. The predicted molar refractivity (Wildman–Crippen MR) is 113 cm³/mol. The second-order valence-corrected chi connectivity index (χ2v) is 9.39. The molecule has 4 rings (SSSR count). The van der Waals surface area contributed by atoms with Crippen molar-refractivity contribution in [1.29, 1.82) is 0 Å². The molecule has 2 aromatic carbocycles. The van der Waals surface area contributed by atoms with Crippen LogP contribution in [0.4, 0.5) is 17.1 Å². The van der Waals surface area contributed by atoms with Crippen molar-refractivity contribution in [3.8, 4) is 0 Å². The van der Waals surface area contributed by atoms with E-state index in [1.807, 2.05) is 24.3 Å². The molecular formula is C21H23N3O4S. The molecule has 1 unspecified atom stereocenters. The number of carbonyl (C=O) groups excluding carboxylic acids is 2. The predicted octanol–water partition coefficient (Wildman–Crippen LogP) is 2.85. The first-order valence-corrected chi connectivity index (χ1v) is 11.3. The molecule has 29 heavy (non-hydrogen) atoms. The van der Waals surface area contributed by atoms with E-state index in [9.17, 15) is 18.0 Å². The van der Waals surface area contributed by atoms with Gasteiger partial charge in [-0.2, -0.15) is 0 Å². The zero-order chi connectivity index (χ0) is 20.6. The van der Waals surface area contributed by atoms with E-state index in [1.54, 1.807) is 6.92 Å². The Morgan fingerprint density at radius 2 is 1.55 bits per heavy atom. The topological polar surface area (TPSA) is 86.8 Å². The van der Waals surface area contributed by atoms with Crippen LogP contribution in [0.2, 0.25) is 0 Å². The van der Waals surface area contributed by atoms with Gasteiger partial charge in [0, 0.05) is 30.0 Å². The van der Waals surface area contributed by atoms with E-state index in [2.05, 4.69) is 10.2 Å². The molecule has 0 aliphatic carbocycles. The maximum atomic E-state index is 12.5. The smallest absolute Gasteiger partial charge is 0.255 e. The number of benzene rings is 2. The summed E-state index contributed by atoms with van der Waals surface area (Å²) in [5, 5.41) is 2.84. The molecule has 2 aliphatic rings. The van der Waals surface area contributed by atoms with Gasteiger partial charge in [0.1, 0.15) is 0 Å². The largest absolute Gasteiger partial charge is 0.372 e. The highest BCUT2D eigenvalue weighted by Gasteiger charge is 2.41. The van der Waals surface area contributed by atoms with Gasteiger partial charge >= 0.3 is 0 Å². The van der Waals surface area contributed by atoms with E-state index in [0.717, 1.165) is 23.1 Å². The number of nitrogens with one attached hydrogen (secondary N) is 1. The Labute approximate surface area is 170 Å². The maximum absolute atomic E-state index is 12.5. The molecular weight excluding hydrogens is 390 g/mol. The minimum absolute atomic E-state index is 0.193. The minimum atomic E-state index is -3.65. The second-order valence-electron chi connectivity index (χ2n) is 7.52. The van der Waals surface area contributed by atoms with Crippen LogP contribution < -0.4 is 14.5 Å². The fraction of sp³-hybridized carbons (Fsp3) is 0.333. The lowest BCUT2D eigenvalue weighted by atomic mass is 10.1. The van der Waals surface area contributed by atoms with E-state index in [1.165, 1.54) is 37.1 Å². The van der Waals surface area contributed by atoms with Crippen LogP contribution in [0.5, 0.6) is 0 Å². The van der Waals surface area contributed by atoms with Crippen molar-refractivity contribution in [2.24, 2.45) is 5.92 Å². The van der Waals surface area contributed by atoms with Gasteiger partial charge < -0.3 is 10.2 Å². The van der Waals surface area contributed by atoms with Gasteiger partial charge in [-0.05, 0) is 61.4 Å². The van der Waals surface area contributed by atoms with Crippen LogP contribution in [-0.2, 0) is 14.8 Å². The number of nitrogens with zero attached hydrogens (tertiary/aromatic N) is 2. The Kier molecular flexibility index (Phi) is 5.04. The number of amides is 2. The van der Waals surface area contributed by atoms with Gasteiger partial charge in [0.15, 0.2) is 0 Å². The fourth-order valence-corrected chi connectivity index (χ4v) is 5.59. The first-order valence-electron chi connectivity index (χ1n) is 9.68. The highest BCUT2D eigenvalue weighted by molar-refractivity contribution is 7.94. The third-order valence-electron chi connectivity index (χ3n) is 5.32. The van der Waals surface area contributed by atoms with Crippen molar-refractivity contribution in [2.45, 2.75) is 19.8 Å². The van der Waals surface area contributed by atoms with E-state index in [-0.39, 0.29) is 17.3 Å². The number of carbonyl (C=O) groups is 2. The monoisotopic (exact) mass is 413 g/mol. The van der Waals surface area contributed by atoms with Crippen LogP contribution in [0.3, 0.4) is 0 Å². The number of anilines is 3. The minimum Gasteiger partial charge on any atom is -0.372 e. The van der Waals surface area contributed by atoms with Crippen molar-refractivity contribution in [3.63, 3.8) is 0 Å². The Morgan fingerprint density at radius 1 is 0.966 bits per heavy atom. The van der Waals surface area contributed by atoms with E-state index >= 15 is 0 Å². The molecule has 7 nitrogen and oxygen atoms in total. The summed E-state index contributed by atoms with van der Waals surface area (Å²) in [6, 6.07) is 13.7. The van der Waals surface area contributed by atoms with Gasteiger partial charge in [0.25, 0.3) is 5.91 Å². The summed E-state index contributed by atoms with van der Waals surface area (Å²) in [5.41, 5.74) is 2.48. The molecule has 0 spiro atoms. The Bertz CT molecular complexity index is 1030. The van der Waals surface area contributed by atoms with Crippen LogP contribution in [-0.4, -0.2) is 39.1 Å². The van der Waals surface area contributed by atoms with Crippen molar-refractivity contribution >= 4 is 38.9 Å². The molecule has 0 bridgehead atoms. The Hall–Kier alpha value is -2.87. The van der Waals surface area contributed by atoms with Crippen molar-refractivity contribution < 1.29 is 18.0 Å². The van der Waals surface area contributed by atoms with Crippen molar-refractivity contribution in [3.05, 3.63) is 54.1 Å². The average Bonchev–Trinajstić information content (AvgIpc) is 3.29. The van der Waals surface area contributed by atoms with Crippen LogP contribution in [0, 0.1) is 5.92 Å². The van der Waals surface area contributed by atoms with Crippen LogP contribution in [0.15, 0.2) is 48.5 Å². The zero-order valence-electron chi connectivity index (χ0n) is 16.2. The first kappa shape index (κ1) is 19.4. The molecule has 8 heteroatoms. The zero-order valence-corrected chi connectivity index (χ0v) is 17.0. The molecule has 0 aromatic heterocycles. The van der Waals surface area contributed by atoms with E-state index in [4.69, 9.17) is 0 Å². The number of hydrogen-bond donors (Lipinski definition) is 1. The summed E-state index contributed by atoms with van der Waals surface area (Å²) in [6.45, 7) is 3.72. The lowest BCUT2D eigenvalue weighted by molar-refractivity contribution is -0.119. The van der Waals surface area contributed by atoms with Crippen LogP contribution in [0.25, 0.3) is 0 Å². The molecule has 2 saturated heterocycles. The molecule has 2 heterocycles. The lowest BCUT2D eigenvalue weighted by Gasteiger charge is -2.18. The van der Waals surface area contributed by atoms with Gasteiger partial charge in [-0.15, -0.1) is 0 Å². The fourth-order valence-electron chi connectivity index (χ4n) is 3.77. The van der Waals surface area contributed by atoms with Gasteiger partial charge in [0.2, 0.25) is 15.9 Å². The SMILES string of the molecule is CC1CS(=O)(=O)N(c2ccc(C(=O)Nc3ccc(N4CCCC4)cc3)cc2)C1=O. The maximum Gasteiger partial charge on any atom is 0.255 e. The molecule has 1 N–H and O–H groups in total. The highest BCUT2D eigenvalue weighted by Crippen LogP contribution is 2.28. The molecule has 152 valence electrons. The second kappa shape index (κ2) is 7.51. The van der Waals surface area contributed by atoms with Gasteiger partial charge in [-0.25, -0.2) is 12.7 Å². The standard InChI is InChI=1S/C21H23N3O4S/c1-15-14-29(27,28)24(21(15)26)19-8-4-16(5-9-19)20(25)22-17-6-10-18(11-7-17)23-12-2-3-13-23/h4-11,15H,2-3,12-14H2,1H3,(H,22,25).